The third kappa shape index (κ3) is 5.36. The lowest BCUT2D eigenvalue weighted by Gasteiger charge is -2.24. The van der Waals surface area contributed by atoms with Crippen LogP contribution >= 0.6 is 0 Å². The fourth-order valence-electron chi connectivity index (χ4n) is 2.55. The van der Waals surface area contributed by atoms with Crippen molar-refractivity contribution in [2.75, 3.05) is 24.7 Å². The minimum absolute atomic E-state index is 0.0535. The SMILES string of the molecule is CCCCCCCCOc1ccc(N2C(=O)COCC2=O)cc1. The summed E-state index contributed by atoms with van der Waals surface area (Å²) in [6.07, 6.45) is 7.36. The molecule has 1 heterocycles. The smallest absolute Gasteiger partial charge is 0.259 e. The molecule has 1 aromatic rings. The zero-order valence-corrected chi connectivity index (χ0v) is 13.8. The topological polar surface area (TPSA) is 55.8 Å². The van der Waals surface area contributed by atoms with Gasteiger partial charge < -0.3 is 9.47 Å². The molecule has 1 aliphatic rings. The second-order valence-electron chi connectivity index (χ2n) is 5.73. The average Bonchev–Trinajstić information content (AvgIpc) is 2.55. The highest BCUT2D eigenvalue weighted by atomic mass is 16.5. The molecular formula is C18H25NO4. The molecule has 0 bridgehead atoms. The molecule has 2 amide bonds. The molecule has 0 spiro atoms. The number of unbranched alkanes of at least 4 members (excludes halogenated alkanes) is 5. The second kappa shape index (κ2) is 9.30. The number of carbonyl (C=O) groups excluding carboxylic acids is 2. The molecule has 1 aliphatic heterocycles. The van der Waals surface area contributed by atoms with Crippen molar-refractivity contribution in [2.24, 2.45) is 0 Å². The van der Waals surface area contributed by atoms with Crippen molar-refractivity contribution in [2.45, 2.75) is 45.4 Å². The average molecular weight is 319 g/mol. The molecule has 2 rings (SSSR count). The Kier molecular flexibility index (Phi) is 7.07. The summed E-state index contributed by atoms with van der Waals surface area (Å²) in [5, 5.41) is 0. The van der Waals surface area contributed by atoms with Gasteiger partial charge in [-0.05, 0) is 30.7 Å². The van der Waals surface area contributed by atoms with Crippen LogP contribution in [0.5, 0.6) is 5.75 Å². The molecule has 1 saturated heterocycles. The first kappa shape index (κ1) is 17.5. The first-order chi connectivity index (χ1) is 11.2. The zero-order valence-electron chi connectivity index (χ0n) is 13.8. The number of morpholine rings is 1. The summed E-state index contributed by atoms with van der Waals surface area (Å²) >= 11 is 0. The number of hydrogen-bond acceptors (Lipinski definition) is 4. The van der Waals surface area contributed by atoms with Crippen molar-refractivity contribution in [3.05, 3.63) is 24.3 Å². The van der Waals surface area contributed by atoms with Crippen LogP contribution in [-0.2, 0) is 14.3 Å². The summed E-state index contributed by atoms with van der Waals surface area (Å²) in [4.78, 5) is 24.7. The minimum atomic E-state index is -0.331. The quantitative estimate of drug-likeness (QED) is 0.517. The Labute approximate surface area is 137 Å². The molecule has 23 heavy (non-hydrogen) atoms. The molecular weight excluding hydrogens is 294 g/mol. The van der Waals surface area contributed by atoms with E-state index in [0.29, 0.717) is 12.3 Å². The molecule has 1 aromatic carbocycles. The summed E-state index contributed by atoms with van der Waals surface area (Å²) in [7, 11) is 0. The molecule has 126 valence electrons. The fraction of sp³-hybridized carbons (Fsp3) is 0.556. The van der Waals surface area contributed by atoms with Gasteiger partial charge in [-0.2, -0.15) is 0 Å². The van der Waals surface area contributed by atoms with Crippen molar-refractivity contribution >= 4 is 17.5 Å². The molecule has 0 saturated carbocycles. The first-order valence-electron chi connectivity index (χ1n) is 8.38. The highest BCUT2D eigenvalue weighted by molar-refractivity contribution is 6.16. The van der Waals surface area contributed by atoms with Crippen LogP contribution < -0.4 is 9.64 Å². The van der Waals surface area contributed by atoms with Crippen LogP contribution in [0.4, 0.5) is 5.69 Å². The van der Waals surface area contributed by atoms with E-state index in [2.05, 4.69) is 6.92 Å². The molecule has 5 heteroatoms. The Morgan fingerprint density at radius 3 is 2.22 bits per heavy atom. The van der Waals surface area contributed by atoms with Gasteiger partial charge in [0.1, 0.15) is 19.0 Å². The standard InChI is InChI=1S/C18H25NO4/c1-2-3-4-5-6-7-12-23-16-10-8-15(9-11-16)19-17(20)13-22-14-18(19)21/h8-11H,2-7,12-14H2,1H3. The van der Waals surface area contributed by atoms with E-state index in [4.69, 9.17) is 9.47 Å². The summed E-state index contributed by atoms with van der Waals surface area (Å²) in [5.41, 5.74) is 0.565. The van der Waals surface area contributed by atoms with Gasteiger partial charge in [0, 0.05) is 0 Å². The van der Waals surface area contributed by atoms with Crippen LogP contribution in [0, 0.1) is 0 Å². The molecule has 0 radical (unpaired) electrons. The van der Waals surface area contributed by atoms with Crippen molar-refractivity contribution in [1.82, 2.24) is 0 Å². The maximum atomic E-state index is 11.8. The lowest BCUT2D eigenvalue weighted by atomic mass is 10.1. The Bertz CT molecular complexity index is 496. The van der Waals surface area contributed by atoms with Gasteiger partial charge in [-0.3, -0.25) is 9.59 Å². The van der Waals surface area contributed by atoms with E-state index in [1.54, 1.807) is 24.3 Å². The van der Waals surface area contributed by atoms with Crippen LogP contribution in [0.3, 0.4) is 0 Å². The Hall–Kier alpha value is -1.88. The number of imide groups is 1. The molecule has 0 aromatic heterocycles. The summed E-state index contributed by atoms with van der Waals surface area (Å²) in [6.45, 7) is 2.80. The number of benzene rings is 1. The summed E-state index contributed by atoms with van der Waals surface area (Å²) in [6, 6.07) is 7.06. The Morgan fingerprint density at radius 1 is 0.957 bits per heavy atom. The molecule has 1 fully saturated rings. The van der Waals surface area contributed by atoms with Crippen molar-refractivity contribution in [3.8, 4) is 5.75 Å². The van der Waals surface area contributed by atoms with E-state index in [1.165, 1.54) is 37.0 Å². The van der Waals surface area contributed by atoms with Crippen LogP contribution in [-0.4, -0.2) is 31.6 Å². The van der Waals surface area contributed by atoms with Gasteiger partial charge in [0.25, 0.3) is 11.8 Å². The second-order valence-corrected chi connectivity index (χ2v) is 5.73. The molecule has 0 unspecified atom stereocenters. The van der Waals surface area contributed by atoms with Gasteiger partial charge in [0.15, 0.2) is 0 Å². The third-order valence-electron chi connectivity index (χ3n) is 3.81. The normalized spacial score (nSPS) is 15.1. The van der Waals surface area contributed by atoms with Gasteiger partial charge >= 0.3 is 0 Å². The Morgan fingerprint density at radius 2 is 1.57 bits per heavy atom. The van der Waals surface area contributed by atoms with E-state index in [0.717, 1.165) is 12.2 Å². The third-order valence-corrected chi connectivity index (χ3v) is 3.81. The van der Waals surface area contributed by atoms with Gasteiger partial charge in [0.05, 0.1) is 12.3 Å². The van der Waals surface area contributed by atoms with Crippen LogP contribution in [0.15, 0.2) is 24.3 Å². The first-order valence-corrected chi connectivity index (χ1v) is 8.38. The number of hydrogen-bond donors (Lipinski definition) is 0. The van der Waals surface area contributed by atoms with Gasteiger partial charge in [-0.25, -0.2) is 4.90 Å². The van der Waals surface area contributed by atoms with E-state index < -0.39 is 0 Å². The maximum Gasteiger partial charge on any atom is 0.259 e. The molecule has 5 nitrogen and oxygen atoms in total. The number of rotatable bonds is 9. The van der Waals surface area contributed by atoms with Crippen molar-refractivity contribution in [3.63, 3.8) is 0 Å². The highest BCUT2D eigenvalue weighted by Gasteiger charge is 2.27. The molecule has 0 aliphatic carbocycles. The predicted molar refractivity (Wildman–Crippen MR) is 88.6 cm³/mol. The fourth-order valence-corrected chi connectivity index (χ4v) is 2.55. The summed E-state index contributed by atoms with van der Waals surface area (Å²) in [5.74, 6) is 0.0967. The van der Waals surface area contributed by atoms with Gasteiger partial charge in [-0.15, -0.1) is 0 Å². The predicted octanol–water partition coefficient (Wildman–Crippen LogP) is 3.32. The molecule has 0 N–H and O–H groups in total. The minimum Gasteiger partial charge on any atom is -0.494 e. The number of anilines is 1. The van der Waals surface area contributed by atoms with Crippen LogP contribution in [0.2, 0.25) is 0 Å². The molecule has 0 atom stereocenters. The largest absolute Gasteiger partial charge is 0.494 e. The maximum absolute atomic E-state index is 11.8. The van der Waals surface area contributed by atoms with Gasteiger partial charge in [-0.1, -0.05) is 39.0 Å². The lowest BCUT2D eigenvalue weighted by molar-refractivity contribution is -0.138. The number of nitrogens with zero attached hydrogens (tertiary/aromatic N) is 1. The van der Waals surface area contributed by atoms with Crippen molar-refractivity contribution < 1.29 is 19.1 Å². The number of carbonyl (C=O) groups is 2. The van der Waals surface area contributed by atoms with E-state index in [9.17, 15) is 9.59 Å². The van der Waals surface area contributed by atoms with E-state index in [1.807, 2.05) is 0 Å². The van der Waals surface area contributed by atoms with Crippen LogP contribution in [0.25, 0.3) is 0 Å². The monoisotopic (exact) mass is 319 g/mol. The highest BCUT2D eigenvalue weighted by Crippen LogP contribution is 2.21. The van der Waals surface area contributed by atoms with Crippen molar-refractivity contribution in [1.29, 1.82) is 0 Å². The summed E-state index contributed by atoms with van der Waals surface area (Å²) < 4.78 is 10.6. The lowest BCUT2D eigenvalue weighted by Crippen LogP contribution is -2.46. The zero-order chi connectivity index (χ0) is 16.5. The van der Waals surface area contributed by atoms with E-state index in [-0.39, 0.29) is 25.0 Å². The Balaban J connectivity index is 1.76. The number of ether oxygens (including phenoxy) is 2. The van der Waals surface area contributed by atoms with E-state index >= 15 is 0 Å². The number of amides is 2. The van der Waals surface area contributed by atoms with Crippen LogP contribution in [0.1, 0.15) is 45.4 Å². The van der Waals surface area contributed by atoms with Gasteiger partial charge in [0.2, 0.25) is 0 Å².